The van der Waals surface area contributed by atoms with E-state index in [9.17, 15) is 4.79 Å². The summed E-state index contributed by atoms with van der Waals surface area (Å²) in [6, 6.07) is 19.7. The summed E-state index contributed by atoms with van der Waals surface area (Å²) < 4.78 is 13.4. The molecule has 1 aromatic heterocycles. The Morgan fingerprint density at radius 2 is 1.81 bits per heavy atom. The Morgan fingerprint density at radius 3 is 2.59 bits per heavy atom. The third-order valence-corrected chi connectivity index (χ3v) is 4.83. The second kappa shape index (κ2) is 7.16. The maximum atomic E-state index is 13.0. The van der Waals surface area contributed by atoms with Gasteiger partial charge in [-0.2, -0.15) is 0 Å². The highest BCUT2D eigenvalue weighted by Crippen LogP contribution is 2.35. The number of pyridine rings is 1. The minimum Gasteiger partial charge on any atom is -0.496 e. The van der Waals surface area contributed by atoms with Gasteiger partial charge in [0.25, 0.3) is 5.56 Å². The largest absolute Gasteiger partial charge is 0.496 e. The van der Waals surface area contributed by atoms with Crippen LogP contribution in [0.1, 0.15) is 28.5 Å². The first-order valence-corrected chi connectivity index (χ1v) is 8.93. The van der Waals surface area contributed by atoms with Crippen molar-refractivity contribution in [3.05, 3.63) is 99.5 Å². The van der Waals surface area contributed by atoms with Gasteiger partial charge in [-0.1, -0.05) is 48.5 Å². The first kappa shape index (κ1) is 17.2. The zero-order chi connectivity index (χ0) is 18.8. The molecule has 0 N–H and O–H groups in total. The molecule has 1 aliphatic rings. The second-order valence-electron chi connectivity index (χ2n) is 6.58. The molecule has 1 atom stereocenters. The molecule has 4 heteroatoms. The number of rotatable bonds is 4. The SMILES string of the molecule is COc1ccccc1C1C=Cc2c(cc(C)n(Cc3ccccc3)c2=O)O1. The van der Waals surface area contributed by atoms with E-state index < -0.39 is 0 Å². The normalized spacial score (nSPS) is 15.1. The average molecular weight is 359 g/mol. The Balaban J connectivity index is 1.70. The number of aryl methyl sites for hydroxylation is 1. The predicted molar refractivity (Wildman–Crippen MR) is 106 cm³/mol. The predicted octanol–water partition coefficient (Wildman–Crippen LogP) is 4.36. The summed E-state index contributed by atoms with van der Waals surface area (Å²) in [7, 11) is 1.64. The highest BCUT2D eigenvalue weighted by atomic mass is 16.5. The minimum absolute atomic E-state index is 0.0384. The zero-order valence-electron chi connectivity index (χ0n) is 15.4. The molecule has 136 valence electrons. The average Bonchev–Trinajstić information content (AvgIpc) is 2.71. The van der Waals surface area contributed by atoms with Gasteiger partial charge in [-0.15, -0.1) is 0 Å². The van der Waals surface area contributed by atoms with Crippen LogP contribution in [0.5, 0.6) is 11.5 Å². The molecule has 0 amide bonds. The fourth-order valence-corrected chi connectivity index (χ4v) is 3.40. The first-order chi connectivity index (χ1) is 13.2. The van der Waals surface area contributed by atoms with Crippen LogP contribution in [-0.2, 0) is 6.54 Å². The van der Waals surface area contributed by atoms with Crippen molar-refractivity contribution in [3.8, 4) is 11.5 Å². The lowest BCUT2D eigenvalue weighted by atomic mass is 10.0. The van der Waals surface area contributed by atoms with Crippen molar-refractivity contribution in [2.45, 2.75) is 19.6 Å². The third kappa shape index (κ3) is 3.26. The van der Waals surface area contributed by atoms with Crippen LogP contribution in [0.3, 0.4) is 0 Å². The van der Waals surface area contributed by atoms with Crippen molar-refractivity contribution in [3.63, 3.8) is 0 Å². The number of ether oxygens (including phenoxy) is 2. The van der Waals surface area contributed by atoms with Gasteiger partial charge < -0.3 is 14.0 Å². The maximum Gasteiger partial charge on any atom is 0.262 e. The van der Waals surface area contributed by atoms with Gasteiger partial charge in [-0.3, -0.25) is 4.79 Å². The summed E-state index contributed by atoms with van der Waals surface area (Å²) in [6.45, 7) is 2.48. The topological polar surface area (TPSA) is 40.5 Å². The lowest BCUT2D eigenvalue weighted by Crippen LogP contribution is -2.27. The Morgan fingerprint density at radius 1 is 1.07 bits per heavy atom. The fourth-order valence-electron chi connectivity index (χ4n) is 3.40. The molecule has 4 nitrogen and oxygen atoms in total. The van der Waals surface area contributed by atoms with Crippen LogP contribution in [0.15, 0.2) is 71.5 Å². The molecular weight excluding hydrogens is 338 g/mol. The summed E-state index contributed by atoms with van der Waals surface area (Å²) >= 11 is 0. The quantitative estimate of drug-likeness (QED) is 0.695. The molecular formula is C23H21NO3. The van der Waals surface area contributed by atoms with E-state index in [1.54, 1.807) is 11.7 Å². The van der Waals surface area contributed by atoms with Crippen molar-refractivity contribution in [2.75, 3.05) is 7.11 Å². The van der Waals surface area contributed by atoms with Gasteiger partial charge in [-0.25, -0.2) is 0 Å². The highest BCUT2D eigenvalue weighted by Gasteiger charge is 2.23. The molecule has 0 saturated heterocycles. The summed E-state index contributed by atoms with van der Waals surface area (Å²) in [5.74, 6) is 1.38. The number of fused-ring (bicyclic) bond motifs is 1. The lowest BCUT2D eigenvalue weighted by molar-refractivity contribution is 0.244. The number of nitrogens with zero attached hydrogens (tertiary/aromatic N) is 1. The number of hydrogen-bond donors (Lipinski definition) is 0. The monoisotopic (exact) mass is 359 g/mol. The summed E-state index contributed by atoms with van der Waals surface area (Å²) in [6.07, 6.45) is 3.49. The van der Waals surface area contributed by atoms with E-state index in [-0.39, 0.29) is 11.7 Å². The van der Waals surface area contributed by atoms with Crippen LogP contribution in [-0.4, -0.2) is 11.7 Å². The molecule has 2 heterocycles. The van der Waals surface area contributed by atoms with Crippen molar-refractivity contribution in [1.29, 1.82) is 0 Å². The number of hydrogen-bond acceptors (Lipinski definition) is 3. The Kier molecular flexibility index (Phi) is 4.55. The molecule has 0 spiro atoms. The van der Waals surface area contributed by atoms with Crippen LogP contribution < -0.4 is 15.0 Å². The molecule has 0 radical (unpaired) electrons. The number of aromatic nitrogens is 1. The molecule has 27 heavy (non-hydrogen) atoms. The Bertz CT molecular complexity index is 1050. The van der Waals surface area contributed by atoms with Gasteiger partial charge in [0.2, 0.25) is 0 Å². The zero-order valence-corrected chi connectivity index (χ0v) is 15.4. The minimum atomic E-state index is -0.280. The van der Waals surface area contributed by atoms with Crippen LogP contribution in [0, 0.1) is 6.92 Å². The molecule has 0 bridgehead atoms. The third-order valence-electron chi connectivity index (χ3n) is 4.83. The number of methoxy groups -OCH3 is 1. The Labute approximate surface area is 158 Å². The van der Waals surface area contributed by atoms with E-state index in [1.807, 2.05) is 79.7 Å². The first-order valence-electron chi connectivity index (χ1n) is 8.93. The van der Waals surface area contributed by atoms with Crippen molar-refractivity contribution in [2.24, 2.45) is 0 Å². The van der Waals surface area contributed by atoms with Crippen LogP contribution in [0.25, 0.3) is 6.08 Å². The molecule has 2 aromatic carbocycles. The van der Waals surface area contributed by atoms with Crippen LogP contribution in [0.4, 0.5) is 0 Å². The van der Waals surface area contributed by atoms with E-state index in [0.29, 0.717) is 17.9 Å². The van der Waals surface area contributed by atoms with E-state index in [2.05, 4.69) is 0 Å². The molecule has 1 aliphatic heterocycles. The van der Waals surface area contributed by atoms with E-state index in [4.69, 9.17) is 9.47 Å². The number of benzene rings is 2. The van der Waals surface area contributed by atoms with Crippen LogP contribution in [0.2, 0.25) is 0 Å². The van der Waals surface area contributed by atoms with Gasteiger partial charge >= 0.3 is 0 Å². The standard InChI is InChI=1S/C23H21NO3/c1-16-14-22-19(23(25)24(16)15-17-8-4-3-5-9-17)12-13-21(27-22)18-10-6-7-11-20(18)26-2/h3-14,21H,15H2,1-2H3. The summed E-state index contributed by atoms with van der Waals surface area (Å²) in [5, 5.41) is 0. The molecule has 3 aromatic rings. The summed E-state index contributed by atoms with van der Waals surface area (Å²) in [5.41, 5.74) is 3.45. The van der Waals surface area contributed by atoms with E-state index in [1.165, 1.54) is 0 Å². The molecule has 0 aliphatic carbocycles. The fraction of sp³-hybridized carbons (Fsp3) is 0.174. The summed E-state index contributed by atoms with van der Waals surface area (Å²) in [4.78, 5) is 13.0. The van der Waals surface area contributed by atoms with Gasteiger partial charge in [0.15, 0.2) is 0 Å². The van der Waals surface area contributed by atoms with Gasteiger partial charge in [0, 0.05) is 17.3 Å². The smallest absolute Gasteiger partial charge is 0.262 e. The van der Waals surface area contributed by atoms with E-state index >= 15 is 0 Å². The number of para-hydroxylation sites is 1. The maximum absolute atomic E-state index is 13.0. The highest BCUT2D eigenvalue weighted by molar-refractivity contribution is 5.61. The molecule has 0 fully saturated rings. The second-order valence-corrected chi connectivity index (χ2v) is 6.58. The Hall–Kier alpha value is -3.27. The lowest BCUT2D eigenvalue weighted by Gasteiger charge is -2.24. The van der Waals surface area contributed by atoms with Gasteiger partial charge in [0.05, 0.1) is 19.2 Å². The molecule has 4 rings (SSSR count). The van der Waals surface area contributed by atoms with Gasteiger partial charge in [0.1, 0.15) is 17.6 Å². The van der Waals surface area contributed by atoms with Crippen molar-refractivity contribution in [1.82, 2.24) is 4.57 Å². The molecule has 0 saturated carbocycles. The van der Waals surface area contributed by atoms with Crippen LogP contribution >= 0.6 is 0 Å². The molecule has 1 unspecified atom stereocenters. The van der Waals surface area contributed by atoms with Crippen molar-refractivity contribution >= 4 is 6.08 Å². The van der Waals surface area contributed by atoms with Gasteiger partial charge in [-0.05, 0) is 30.7 Å². The van der Waals surface area contributed by atoms with Crippen molar-refractivity contribution < 1.29 is 9.47 Å². The van der Waals surface area contributed by atoms with E-state index in [0.717, 1.165) is 22.6 Å².